The van der Waals surface area contributed by atoms with Crippen molar-refractivity contribution >= 4 is 39.4 Å². The summed E-state index contributed by atoms with van der Waals surface area (Å²) in [6, 6.07) is 8.05. The molecule has 1 aliphatic carbocycles. The first kappa shape index (κ1) is 20.6. The maximum Gasteiger partial charge on any atom is 0.270 e. The number of hydrogen-bond acceptors (Lipinski definition) is 5. The van der Waals surface area contributed by atoms with Gasteiger partial charge in [-0.1, -0.05) is 12.1 Å². The van der Waals surface area contributed by atoms with E-state index >= 15 is 0 Å². The number of piperidine rings is 1. The fourth-order valence-electron chi connectivity index (χ4n) is 4.97. The SMILES string of the molecule is Cc1nc2sccn2c1C(=O)NC[C@@H]1[C@H]2C[C@H]2CN1C(=O)c1ccsc1-c1ccc(F)cc1. The number of aromatic nitrogens is 2. The number of carbonyl (C=O) groups is 2. The number of nitrogens with one attached hydrogen (secondary N) is 1. The highest BCUT2D eigenvalue weighted by Gasteiger charge is 2.54. The Balaban J connectivity index is 1.21. The molecule has 6 rings (SSSR count). The number of fused-ring (bicyclic) bond motifs is 2. The summed E-state index contributed by atoms with van der Waals surface area (Å²) in [5, 5.41) is 6.87. The highest BCUT2D eigenvalue weighted by Crippen LogP contribution is 2.50. The van der Waals surface area contributed by atoms with Crippen molar-refractivity contribution in [2.45, 2.75) is 19.4 Å². The molecule has 168 valence electrons. The second-order valence-corrected chi connectivity index (χ2v) is 10.5. The summed E-state index contributed by atoms with van der Waals surface area (Å²) in [5.41, 5.74) is 2.71. The summed E-state index contributed by atoms with van der Waals surface area (Å²) in [5.74, 6) is 0.436. The summed E-state index contributed by atoms with van der Waals surface area (Å²) >= 11 is 2.97. The molecule has 3 aromatic heterocycles. The molecule has 4 heterocycles. The van der Waals surface area contributed by atoms with Crippen molar-refractivity contribution in [1.29, 1.82) is 0 Å². The van der Waals surface area contributed by atoms with E-state index in [2.05, 4.69) is 10.3 Å². The van der Waals surface area contributed by atoms with Crippen LogP contribution in [0.25, 0.3) is 15.4 Å². The van der Waals surface area contributed by atoms with Crippen molar-refractivity contribution < 1.29 is 14.0 Å². The summed E-state index contributed by atoms with van der Waals surface area (Å²) in [6.07, 6.45) is 2.95. The van der Waals surface area contributed by atoms with E-state index in [0.717, 1.165) is 21.8 Å². The molecule has 4 aromatic rings. The second-order valence-electron chi connectivity index (χ2n) is 8.67. The number of aryl methyl sites for hydroxylation is 1. The van der Waals surface area contributed by atoms with Crippen LogP contribution in [0.5, 0.6) is 0 Å². The summed E-state index contributed by atoms with van der Waals surface area (Å²) in [7, 11) is 0. The first-order chi connectivity index (χ1) is 16.0. The van der Waals surface area contributed by atoms with E-state index in [9.17, 15) is 14.0 Å². The van der Waals surface area contributed by atoms with Crippen LogP contribution in [0, 0.1) is 24.6 Å². The quantitative estimate of drug-likeness (QED) is 0.459. The van der Waals surface area contributed by atoms with E-state index in [1.165, 1.54) is 34.8 Å². The molecule has 9 heteroatoms. The Bertz CT molecular complexity index is 1370. The highest BCUT2D eigenvalue weighted by atomic mass is 32.1. The lowest BCUT2D eigenvalue weighted by molar-refractivity contribution is 0.0695. The van der Waals surface area contributed by atoms with E-state index in [1.807, 2.05) is 39.2 Å². The van der Waals surface area contributed by atoms with E-state index in [-0.39, 0.29) is 23.7 Å². The number of likely N-dealkylation sites (tertiary alicyclic amines) is 1. The molecule has 1 aliphatic heterocycles. The van der Waals surface area contributed by atoms with Gasteiger partial charge in [0.1, 0.15) is 11.5 Å². The van der Waals surface area contributed by atoms with Gasteiger partial charge in [0.15, 0.2) is 4.96 Å². The number of amides is 2. The Morgan fingerprint density at radius 3 is 2.82 bits per heavy atom. The second kappa shape index (κ2) is 7.78. The summed E-state index contributed by atoms with van der Waals surface area (Å²) in [4.78, 5) is 34.5. The van der Waals surface area contributed by atoms with Crippen molar-refractivity contribution in [3.63, 3.8) is 0 Å². The number of nitrogens with zero attached hydrogens (tertiary/aromatic N) is 3. The Morgan fingerprint density at radius 1 is 1.18 bits per heavy atom. The van der Waals surface area contributed by atoms with Gasteiger partial charge in [-0.05, 0) is 54.3 Å². The van der Waals surface area contributed by atoms with Crippen LogP contribution in [-0.2, 0) is 0 Å². The normalized spacial score (nSPS) is 21.4. The summed E-state index contributed by atoms with van der Waals surface area (Å²) in [6.45, 7) is 2.96. The predicted octanol–water partition coefficient (Wildman–Crippen LogP) is 4.46. The van der Waals surface area contributed by atoms with Gasteiger partial charge in [0, 0.05) is 29.5 Å². The number of thiophene rings is 1. The number of halogens is 1. The molecule has 1 N–H and O–H groups in total. The van der Waals surface area contributed by atoms with Crippen molar-refractivity contribution in [3.8, 4) is 10.4 Å². The average molecular weight is 481 g/mol. The minimum absolute atomic E-state index is 0.0252. The zero-order chi connectivity index (χ0) is 22.7. The Kier molecular flexibility index (Phi) is 4.84. The molecule has 0 radical (unpaired) electrons. The monoisotopic (exact) mass is 480 g/mol. The minimum Gasteiger partial charge on any atom is -0.349 e. The van der Waals surface area contributed by atoms with Crippen molar-refractivity contribution in [2.24, 2.45) is 11.8 Å². The number of thiazole rings is 1. The Morgan fingerprint density at radius 2 is 2.00 bits per heavy atom. The number of hydrogen-bond donors (Lipinski definition) is 1. The molecule has 1 saturated heterocycles. The van der Waals surface area contributed by atoms with Crippen LogP contribution in [0.3, 0.4) is 0 Å². The Labute approximate surface area is 197 Å². The summed E-state index contributed by atoms with van der Waals surface area (Å²) < 4.78 is 15.2. The van der Waals surface area contributed by atoms with Crippen LogP contribution in [0.2, 0.25) is 0 Å². The van der Waals surface area contributed by atoms with Gasteiger partial charge >= 0.3 is 0 Å². The topological polar surface area (TPSA) is 66.7 Å². The molecule has 6 nitrogen and oxygen atoms in total. The van der Waals surface area contributed by atoms with Crippen molar-refractivity contribution in [3.05, 3.63) is 70.1 Å². The smallest absolute Gasteiger partial charge is 0.270 e. The maximum atomic E-state index is 13.5. The highest BCUT2D eigenvalue weighted by molar-refractivity contribution is 7.15. The van der Waals surface area contributed by atoms with Crippen LogP contribution in [0.1, 0.15) is 33.0 Å². The molecule has 1 saturated carbocycles. The molecule has 2 aliphatic rings. The number of carbonyl (C=O) groups excluding carboxylic acids is 2. The minimum atomic E-state index is -0.299. The van der Waals surface area contributed by atoms with Crippen molar-refractivity contribution in [1.82, 2.24) is 19.6 Å². The largest absolute Gasteiger partial charge is 0.349 e. The van der Waals surface area contributed by atoms with Gasteiger partial charge in [-0.2, -0.15) is 0 Å². The van der Waals surface area contributed by atoms with Crippen LogP contribution in [0.4, 0.5) is 4.39 Å². The van der Waals surface area contributed by atoms with Crippen molar-refractivity contribution in [2.75, 3.05) is 13.1 Å². The molecule has 2 fully saturated rings. The van der Waals surface area contributed by atoms with E-state index in [4.69, 9.17) is 0 Å². The average Bonchev–Trinajstić information content (AvgIpc) is 3.20. The van der Waals surface area contributed by atoms with Crippen LogP contribution in [0.15, 0.2) is 47.3 Å². The fraction of sp³-hybridized carbons (Fsp3) is 0.292. The van der Waals surface area contributed by atoms with E-state index in [1.54, 1.807) is 12.1 Å². The van der Waals surface area contributed by atoms with E-state index in [0.29, 0.717) is 41.9 Å². The third-order valence-electron chi connectivity index (χ3n) is 6.69. The van der Waals surface area contributed by atoms with Gasteiger partial charge in [0.2, 0.25) is 0 Å². The van der Waals surface area contributed by atoms with Gasteiger partial charge in [0.25, 0.3) is 11.8 Å². The molecular formula is C24H21FN4O2S2. The third-order valence-corrected chi connectivity index (χ3v) is 8.41. The molecule has 0 unspecified atom stereocenters. The number of benzene rings is 1. The lowest BCUT2D eigenvalue weighted by Crippen LogP contribution is -2.45. The van der Waals surface area contributed by atoms with E-state index < -0.39 is 0 Å². The molecular weight excluding hydrogens is 459 g/mol. The van der Waals surface area contributed by atoms with Gasteiger partial charge in [-0.3, -0.25) is 14.0 Å². The van der Waals surface area contributed by atoms with Crippen LogP contribution < -0.4 is 5.32 Å². The molecule has 0 bridgehead atoms. The molecule has 2 amide bonds. The molecule has 1 aromatic carbocycles. The molecule has 33 heavy (non-hydrogen) atoms. The van der Waals surface area contributed by atoms with Crippen LogP contribution in [-0.4, -0.2) is 45.2 Å². The lowest BCUT2D eigenvalue weighted by atomic mass is 10.1. The van der Waals surface area contributed by atoms with Gasteiger partial charge in [-0.25, -0.2) is 9.37 Å². The van der Waals surface area contributed by atoms with Crippen LogP contribution >= 0.6 is 22.7 Å². The van der Waals surface area contributed by atoms with Gasteiger partial charge in [0.05, 0.1) is 17.3 Å². The van der Waals surface area contributed by atoms with Gasteiger partial charge < -0.3 is 10.2 Å². The standard InChI is InChI=1S/C24H21FN4O2S2/c1-13-20(28-7-9-33-24(28)27-13)22(30)26-11-19-18-10-15(18)12-29(19)23(31)17-6-8-32-21(17)14-2-4-16(25)5-3-14/h2-9,15,18-19H,10-12H2,1H3,(H,26,30)/t15-,18-,19+/m0/s1. The zero-order valence-corrected chi connectivity index (χ0v) is 19.5. The first-order valence-electron chi connectivity index (χ1n) is 10.9. The third kappa shape index (κ3) is 3.46. The predicted molar refractivity (Wildman–Crippen MR) is 126 cm³/mol. The first-order valence-corrected chi connectivity index (χ1v) is 12.6. The maximum absolute atomic E-state index is 13.5. The lowest BCUT2D eigenvalue weighted by Gasteiger charge is -2.28. The number of imidazole rings is 1. The Hall–Kier alpha value is -3.04. The van der Waals surface area contributed by atoms with Gasteiger partial charge in [-0.15, -0.1) is 22.7 Å². The molecule has 3 atom stereocenters. The molecule has 0 spiro atoms. The number of rotatable bonds is 5. The zero-order valence-electron chi connectivity index (χ0n) is 17.8. The fourth-order valence-corrected chi connectivity index (χ4v) is 6.63.